The number of rotatable bonds is 2. The van der Waals surface area contributed by atoms with E-state index in [0.29, 0.717) is 31.0 Å². The van der Waals surface area contributed by atoms with E-state index in [2.05, 4.69) is 5.16 Å². The number of amides is 2. The molecule has 1 aromatic carbocycles. The van der Waals surface area contributed by atoms with Gasteiger partial charge >= 0.3 is 0 Å². The molecule has 3 heterocycles. The van der Waals surface area contributed by atoms with E-state index in [1.807, 2.05) is 35.2 Å². The van der Waals surface area contributed by atoms with Crippen LogP contribution < -0.4 is 4.90 Å². The van der Waals surface area contributed by atoms with Gasteiger partial charge in [-0.2, -0.15) is 0 Å². The molecular formula is C17H17N3O3. The summed E-state index contributed by atoms with van der Waals surface area (Å²) in [5, 5.41) is 3.66. The molecule has 2 aliphatic rings. The first-order chi connectivity index (χ1) is 11.1. The molecule has 0 N–H and O–H groups in total. The van der Waals surface area contributed by atoms with Crippen LogP contribution in [0.4, 0.5) is 5.69 Å². The number of anilines is 1. The third-order valence-electron chi connectivity index (χ3n) is 4.78. The minimum atomic E-state index is -0.112. The zero-order chi connectivity index (χ0) is 16.0. The maximum Gasteiger partial charge on any atom is 0.259 e. The molecule has 0 spiro atoms. The Morgan fingerprint density at radius 1 is 1.22 bits per heavy atom. The molecule has 0 aliphatic carbocycles. The summed E-state index contributed by atoms with van der Waals surface area (Å²) in [7, 11) is 0. The third-order valence-corrected chi connectivity index (χ3v) is 4.78. The topological polar surface area (TPSA) is 66.7 Å². The zero-order valence-corrected chi connectivity index (χ0v) is 12.8. The lowest BCUT2D eigenvalue weighted by Crippen LogP contribution is -2.35. The van der Waals surface area contributed by atoms with Crippen molar-refractivity contribution in [2.45, 2.75) is 6.92 Å². The first-order valence-corrected chi connectivity index (χ1v) is 7.72. The highest BCUT2D eigenvalue weighted by molar-refractivity contribution is 6.00. The maximum absolute atomic E-state index is 12.7. The molecular weight excluding hydrogens is 294 g/mol. The molecule has 2 aliphatic heterocycles. The lowest BCUT2D eigenvalue weighted by atomic mass is 10.0. The standard InChI is InChI=1S/C17H17N3O3/c1-11-14(7-18-23-11)16(21)19-8-12-9-20(17(22)15(12)10-19)13-5-3-2-4-6-13/h2-7,12,15H,8-10H2,1H3/t12-,15-/m1/s1. The van der Waals surface area contributed by atoms with Crippen molar-refractivity contribution < 1.29 is 14.1 Å². The molecule has 118 valence electrons. The van der Waals surface area contributed by atoms with Gasteiger partial charge in [-0.1, -0.05) is 23.4 Å². The molecule has 2 aromatic rings. The Bertz CT molecular complexity index is 755. The smallest absolute Gasteiger partial charge is 0.259 e. The minimum Gasteiger partial charge on any atom is -0.361 e. The molecule has 0 unspecified atom stereocenters. The second-order valence-corrected chi connectivity index (χ2v) is 6.16. The fourth-order valence-corrected chi connectivity index (χ4v) is 3.54. The Balaban J connectivity index is 1.50. The average Bonchev–Trinajstić information content (AvgIpc) is 3.24. The van der Waals surface area contributed by atoms with E-state index in [-0.39, 0.29) is 23.7 Å². The second kappa shape index (κ2) is 5.22. The molecule has 0 radical (unpaired) electrons. The number of aromatic nitrogens is 1. The number of benzene rings is 1. The molecule has 2 atom stereocenters. The SMILES string of the molecule is Cc1oncc1C(=O)N1C[C@@H]2CN(c3ccccc3)C(=O)[C@@H]2C1. The minimum absolute atomic E-state index is 0.0998. The lowest BCUT2D eigenvalue weighted by molar-refractivity contribution is -0.120. The normalized spacial score (nSPS) is 23.4. The number of carbonyl (C=O) groups excluding carboxylic acids is 2. The van der Waals surface area contributed by atoms with Crippen LogP contribution >= 0.6 is 0 Å². The fraction of sp³-hybridized carbons (Fsp3) is 0.353. The number of likely N-dealkylation sites (tertiary alicyclic amines) is 1. The van der Waals surface area contributed by atoms with Crippen molar-refractivity contribution in [1.82, 2.24) is 10.1 Å². The van der Waals surface area contributed by atoms with Crippen LogP contribution in [0.3, 0.4) is 0 Å². The first-order valence-electron chi connectivity index (χ1n) is 7.72. The summed E-state index contributed by atoms with van der Waals surface area (Å²) in [4.78, 5) is 28.8. The van der Waals surface area contributed by atoms with Crippen molar-refractivity contribution in [3.8, 4) is 0 Å². The monoisotopic (exact) mass is 311 g/mol. The van der Waals surface area contributed by atoms with Crippen molar-refractivity contribution in [1.29, 1.82) is 0 Å². The Hall–Kier alpha value is -2.63. The summed E-state index contributed by atoms with van der Waals surface area (Å²) >= 11 is 0. The van der Waals surface area contributed by atoms with Gasteiger partial charge in [-0.15, -0.1) is 0 Å². The van der Waals surface area contributed by atoms with Gasteiger partial charge < -0.3 is 14.3 Å². The number of hydrogen-bond acceptors (Lipinski definition) is 4. The van der Waals surface area contributed by atoms with Crippen LogP contribution in [0.5, 0.6) is 0 Å². The van der Waals surface area contributed by atoms with Crippen LogP contribution in [0.25, 0.3) is 0 Å². The van der Waals surface area contributed by atoms with E-state index in [1.165, 1.54) is 6.20 Å². The first kappa shape index (κ1) is 14.0. The highest BCUT2D eigenvalue weighted by Gasteiger charge is 2.48. The van der Waals surface area contributed by atoms with Gasteiger partial charge in [0.15, 0.2) is 0 Å². The van der Waals surface area contributed by atoms with Gasteiger partial charge in [0.25, 0.3) is 5.91 Å². The Morgan fingerprint density at radius 2 is 2.00 bits per heavy atom. The molecule has 2 amide bonds. The number of aryl methyl sites for hydroxylation is 1. The number of carbonyl (C=O) groups is 2. The Kier molecular flexibility index (Phi) is 3.18. The van der Waals surface area contributed by atoms with Crippen molar-refractivity contribution in [2.75, 3.05) is 24.5 Å². The van der Waals surface area contributed by atoms with Crippen LogP contribution in [0.1, 0.15) is 16.1 Å². The van der Waals surface area contributed by atoms with Crippen LogP contribution in [0.15, 0.2) is 41.1 Å². The van der Waals surface area contributed by atoms with E-state index in [4.69, 9.17) is 4.52 Å². The van der Waals surface area contributed by atoms with Crippen molar-refractivity contribution in [2.24, 2.45) is 11.8 Å². The van der Waals surface area contributed by atoms with Crippen LogP contribution in [-0.4, -0.2) is 41.5 Å². The van der Waals surface area contributed by atoms with E-state index < -0.39 is 0 Å². The van der Waals surface area contributed by atoms with E-state index >= 15 is 0 Å². The Labute approximate surface area is 133 Å². The van der Waals surface area contributed by atoms with E-state index in [0.717, 1.165) is 5.69 Å². The van der Waals surface area contributed by atoms with Crippen LogP contribution in [0.2, 0.25) is 0 Å². The molecule has 2 fully saturated rings. The summed E-state index contributed by atoms with van der Waals surface area (Å²) < 4.78 is 4.96. The van der Waals surface area contributed by atoms with Gasteiger partial charge in [0.1, 0.15) is 11.3 Å². The number of para-hydroxylation sites is 1. The molecule has 4 rings (SSSR count). The lowest BCUT2D eigenvalue weighted by Gasteiger charge is -2.21. The van der Waals surface area contributed by atoms with Gasteiger partial charge in [-0.05, 0) is 19.1 Å². The summed E-state index contributed by atoms with van der Waals surface area (Å²) in [6.07, 6.45) is 1.45. The van der Waals surface area contributed by atoms with E-state index in [1.54, 1.807) is 11.8 Å². The Morgan fingerprint density at radius 3 is 2.65 bits per heavy atom. The number of fused-ring (bicyclic) bond motifs is 1. The summed E-state index contributed by atoms with van der Waals surface area (Å²) in [5.74, 6) is 0.603. The predicted octanol–water partition coefficient (Wildman–Crippen LogP) is 1.72. The average molecular weight is 311 g/mol. The highest BCUT2D eigenvalue weighted by atomic mass is 16.5. The largest absolute Gasteiger partial charge is 0.361 e. The number of nitrogens with zero attached hydrogens (tertiary/aromatic N) is 3. The molecule has 6 heteroatoms. The second-order valence-electron chi connectivity index (χ2n) is 6.16. The number of hydrogen-bond donors (Lipinski definition) is 0. The summed E-state index contributed by atoms with van der Waals surface area (Å²) in [6, 6.07) is 9.69. The van der Waals surface area contributed by atoms with Crippen LogP contribution in [-0.2, 0) is 4.79 Å². The highest BCUT2D eigenvalue weighted by Crippen LogP contribution is 2.35. The van der Waals surface area contributed by atoms with Gasteiger partial charge in [-0.25, -0.2) is 0 Å². The van der Waals surface area contributed by atoms with Gasteiger partial charge in [0.05, 0.1) is 12.1 Å². The van der Waals surface area contributed by atoms with Crippen molar-refractivity contribution in [3.63, 3.8) is 0 Å². The molecule has 6 nitrogen and oxygen atoms in total. The zero-order valence-electron chi connectivity index (χ0n) is 12.8. The maximum atomic E-state index is 12.7. The van der Waals surface area contributed by atoms with Crippen molar-refractivity contribution in [3.05, 3.63) is 47.9 Å². The van der Waals surface area contributed by atoms with E-state index in [9.17, 15) is 9.59 Å². The molecule has 0 bridgehead atoms. The van der Waals surface area contributed by atoms with Gasteiger partial charge in [0, 0.05) is 31.2 Å². The third kappa shape index (κ3) is 2.21. The van der Waals surface area contributed by atoms with Gasteiger partial charge in [-0.3, -0.25) is 9.59 Å². The van der Waals surface area contributed by atoms with Crippen LogP contribution in [0, 0.1) is 18.8 Å². The predicted molar refractivity (Wildman–Crippen MR) is 82.9 cm³/mol. The summed E-state index contributed by atoms with van der Waals surface area (Å²) in [6.45, 7) is 3.46. The molecule has 0 saturated carbocycles. The molecule has 23 heavy (non-hydrogen) atoms. The van der Waals surface area contributed by atoms with Crippen molar-refractivity contribution >= 4 is 17.5 Å². The fourth-order valence-electron chi connectivity index (χ4n) is 3.54. The summed E-state index contributed by atoms with van der Waals surface area (Å²) in [5.41, 5.74) is 1.41. The molecule has 1 aromatic heterocycles. The van der Waals surface area contributed by atoms with Gasteiger partial charge in [0.2, 0.25) is 5.91 Å². The molecule has 2 saturated heterocycles. The quantitative estimate of drug-likeness (QED) is 0.847.